The molecule has 10 nitrogen and oxygen atoms in total. The number of primary amides is 1. The van der Waals surface area contributed by atoms with Gasteiger partial charge < -0.3 is 19.9 Å². The molecule has 0 fully saturated rings. The lowest BCUT2D eigenvalue weighted by Crippen LogP contribution is -2.26. The molecule has 0 aliphatic carbocycles. The Bertz CT molecular complexity index is 1470. The first-order valence-corrected chi connectivity index (χ1v) is 10.6. The van der Waals surface area contributed by atoms with Crippen molar-refractivity contribution in [3.05, 3.63) is 65.7 Å². The van der Waals surface area contributed by atoms with Crippen molar-refractivity contribution in [2.75, 3.05) is 0 Å². The van der Waals surface area contributed by atoms with E-state index in [0.29, 0.717) is 5.56 Å². The number of benzene rings is 2. The molecule has 2 unspecified atom stereocenters. The van der Waals surface area contributed by atoms with Crippen molar-refractivity contribution in [1.29, 1.82) is 5.26 Å². The normalized spacial score (nSPS) is 13.1. The molecule has 4 aromatic rings. The molecule has 0 radical (unpaired) electrons. The number of nitrogens with zero attached hydrogens (tertiary/aromatic N) is 4. The van der Waals surface area contributed by atoms with Crippen molar-refractivity contribution in [3.8, 4) is 40.4 Å². The van der Waals surface area contributed by atoms with Crippen LogP contribution in [0.25, 0.3) is 34.3 Å². The summed E-state index contributed by atoms with van der Waals surface area (Å²) in [6, 6.07) is 14.8. The molecule has 2 atom stereocenters. The van der Waals surface area contributed by atoms with Crippen molar-refractivity contribution in [2.45, 2.75) is 18.7 Å². The number of alkyl halides is 3. The number of amides is 1. The van der Waals surface area contributed by atoms with E-state index in [9.17, 15) is 27.9 Å². The van der Waals surface area contributed by atoms with Crippen LogP contribution in [0.15, 0.2) is 63.6 Å². The zero-order valence-electron chi connectivity index (χ0n) is 18.6. The molecule has 2 heterocycles. The molecule has 188 valence electrons. The van der Waals surface area contributed by atoms with Crippen molar-refractivity contribution >= 4 is 11.7 Å². The first kappa shape index (κ1) is 25.3. The number of aliphatic hydroxyl groups excluding tert-OH is 1. The van der Waals surface area contributed by atoms with Gasteiger partial charge in [0.05, 0.1) is 6.07 Å². The van der Waals surface area contributed by atoms with Crippen LogP contribution in [-0.4, -0.2) is 32.1 Å². The fourth-order valence-electron chi connectivity index (χ4n) is 3.45. The first-order valence-electron chi connectivity index (χ1n) is 10.6. The van der Waals surface area contributed by atoms with Crippen molar-refractivity contribution in [3.63, 3.8) is 0 Å². The van der Waals surface area contributed by atoms with Crippen LogP contribution >= 0.6 is 0 Å². The summed E-state index contributed by atoms with van der Waals surface area (Å²) < 4.78 is 51.6. The van der Waals surface area contributed by atoms with Crippen LogP contribution in [0.3, 0.4) is 0 Å². The number of nitrogens with two attached hydrogens (primary N) is 1. The summed E-state index contributed by atoms with van der Waals surface area (Å²) in [6.45, 7) is 0. The molecule has 2 aromatic carbocycles. The molecule has 13 heteroatoms. The quantitative estimate of drug-likeness (QED) is 0.358. The summed E-state index contributed by atoms with van der Waals surface area (Å²) in [5.74, 6) is -4.54. The molecule has 0 bridgehead atoms. The standard InChI is InChI=1S/C24H16F3N5O5/c25-24(26,27)17-18(12-4-2-1-3-5-12)31-36-20(17)23-30-22(32-37-23)14-8-6-13(7-9-14)19(34)16(33)10-15(11-28)21(29)35/h1-9,15,19,34H,10H2,(H2,29,35). The zero-order valence-corrected chi connectivity index (χ0v) is 18.6. The number of hydrogen-bond donors (Lipinski definition) is 2. The van der Waals surface area contributed by atoms with Gasteiger partial charge in [-0.1, -0.05) is 64.9 Å². The SMILES string of the molecule is N#CC(CC(=O)C(O)c1ccc(-c2noc(-c3onc(-c4ccccc4)c3C(F)(F)F)n2)cc1)C(N)=O. The Morgan fingerprint density at radius 1 is 1.03 bits per heavy atom. The molecular weight excluding hydrogens is 495 g/mol. The number of nitriles is 1. The lowest BCUT2D eigenvalue weighted by atomic mass is 9.96. The van der Waals surface area contributed by atoms with E-state index in [0.717, 1.165) is 0 Å². The van der Waals surface area contributed by atoms with E-state index in [2.05, 4.69) is 15.3 Å². The summed E-state index contributed by atoms with van der Waals surface area (Å²) in [7, 11) is 0. The van der Waals surface area contributed by atoms with E-state index in [1.165, 1.54) is 36.4 Å². The average molecular weight is 511 g/mol. The predicted molar refractivity (Wildman–Crippen MR) is 119 cm³/mol. The third-order valence-corrected chi connectivity index (χ3v) is 5.34. The lowest BCUT2D eigenvalue weighted by molar-refractivity contribution is -0.137. The molecule has 4 rings (SSSR count). The van der Waals surface area contributed by atoms with Crippen LogP contribution in [-0.2, 0) is 15.8 Å². The number of hydrogen-bond acceptors (Lipinski definition) is 9. The van der Waals surface area contributed by atoms with Gasteiger partial charge in [0, 0.05) is 17.5 Å². The number of aromatic nitrogens is 3. The van der Waals surface area contributed by atoms with Gasteiger partial charge in [-0.15, -0.1) is 0 Å². The highest BCUT2D eigenvalue weighted by Gasteiger charge is 2.43. The van der Waals surface area contributed by atoms with Gasteiger partial charge in [0.1, 0.15) is 23.3 Å². The summed E-state index contributed by atoms with van der Waals surface area (Å²) in [5, 5.41) is 26.4. The van der Waals surface area contributed by atoms with Gasteiger partial charge >= 0.3 is 6.18 Å². The fraction of sp³-hybridized carbons (Fsp3) is 0.167. The number of halogens is 3. The van der Waals surface area contributed by atoms with Gasteiger partial charge in [0.25, 0.3) is 5.89 Å². The van der Waals surface area contributed by atoms with Crippen LogP contribution in [0.5, 0.6) is 0 Å². The Balaban J connectivity index is 1.59. The van der Waals surface area contributed by atoms with Crippen LogP contribution in [0.1, 0.15) is 23.7 Å². The Labute approximate surface area is 206 Å². The van der Waals surface area contributed by atoms with Crippen molar-refractivity contribution in [2.24, 2.45) is 11.7 Å². The summed E-state index contributed by atoms with van der Waals surface area (Å²) in [5.41, 5.74) is 4.06. The number of Topliss-reactive ketones (excluding diaryl/α,β-unsaturated/α-hetero) is 1. The third kappa shape index (κ3) is 5.24. The maximum atomic E-state index is 13.9. The van der Waals surface area contributed by atoms with Crippen LogP contribution in [0, 0.1) is 17.2 Å². The highest BCUT2D eigenvalue weighted by Crippen LogP contribution is 2.43. The van der Waals surface area contributed by atoms with Crippen molar-refractivity contribution in [1.82, 2.24) is 15.3 Å². The molecule has 3 N–H and O–H groups in total. The van der Waals surface area contributed by atoms with Gasteiger partial charge in [-0.3, -0.25) is 9.59 Å². The van der Waals surface area contributed by atoms with Crippen molar-refractivity contribution < 1.29 is 36.9 Å². The summed E-state index contributed by atoms with van der Waals surface area (Å²) in [6.07, 6.45) is -7.03. The van der Waals surface area contributed by atoms with E-state index in [1.54, 1.807) is 24.3 Å². The van der Waals surface area contributed by atoms with E-state index in [4.69, 9.17) is 20.0 Å². The molecular formula is C24H16F3N5O5. The number of ketones is 1. The lowest BCUT2D eigenvalue weighted by Gasteiger charge is -2.11. The van der Waals surface area contributed by atoms with Gasteiger partial charge in [-0.05, 0) is 5.56 Å². The third-order valence-electron chi connectivity index (χ3n) is 5.34. The van der Waals surface area contributed by atoms with E-state index < -0.39 is 59.2 Å². The molecule has 0 aliphatic rings. The van der Waals surface area contributed by atoms with Crippen LogP contribution in [0.4, 0.5) is 13.2 Å². The Morgan fingerprint density at radius 3 is 2.30 bits per heavy atom. The maximum Gasteiger partial charge on any atom is 0.422 e. The topological polar surface area (TPSA) is 169 Å². The summed E-state index contributed by atoms with van der Waals surface area (Å²) >= 11 is 0. The monoisotopic (exact) mass is 511 g/mol. The molecule has 0 saturated carbocycles. The minimum Gasteiger partial charge on any atom is -0.381 e. The second-order valence-electron chi connectivity index (χ2n) is 7.80. The summed E-state index contributed by atoms with van der Waals surface area (Å²) in [4.78, 5) is 27.3. The molecule has 0 saturated heterocycles. The highest BCUT2D eigenvalue weighted by atomic mass is 19.4. The average Bonchev–Trinajstić information content (AvgIpc) is 3.55. The number of rotatable bonds is 8. The fourth-order valence-corrected chi connectivity index (χ4v) is 3.45. The minimum absolute atomic E-state index is 0.0913. The van der Waals surface area contributed by atoms with Crippen LogP contribution in [0.2, 0.25) is 0 Å². The highest BCUT2D eigenvalue weighted by molar-refractivity contribution is 5.90. The van der Waals surface area contributed by atoms with Gasteiger partial charge in [-0.2, -0.15) is 23.4 Å². The zero-order chi connectivity index (χ0) is 26.7. The second kappa shape index (κ2) is 10.0. The van der Waals surface area contributed by atoms with Gasteiger partial charge in [-0.25, -0.2) is 0 Å². The van der Waals surface area contributed by atoms with Gasteiger partial charge in [0.15, 0.2) is 5.78 Å². The van der Waals surface area contributed by atoms with E-state index in [-0.39, 0.29) is 17.0 Å². The smallest absolute Gasteiger partial charge is 0.381 e. The first-order chi connectivity index (χ1) is 17.6. The molecule has 0 aliphatic heterocycles. The van der Waals surface area contributed by atoms with Crippen LogP contribution < -0.4 is 5.73 Å². The molecule has 37 heavy (non-hydrogen) atoms. The Hall–Kier alpha value is -4.83. The Morgan fingerprint density at radius 2 is 1.70 bits per heavy atom. The number of aliphatic hydroxyl groups is 1. The molecule has 1 amide bonds. The number of carbonyl (C=O) groups excluding carboxylic acids is 2. The maximum absolute atomic E-state index is 13.9. The predicted octanol–water partition coefficient (Wildman–Crippen LogP) is 3.70. The van der Waals surface area contributed by atoms with Gasteiger partial charge in [0.2, 0.25) is 17.5 Å². The minimum atomic E-state index is -4.83. The molecule has 2 aromatic heterocycles. The number of carbonyl (C=O) groups is 2. The Kier molecular flexibility index (Phi) is 6.85. The largest absolute Gasteiger partial charge is 0.422 e. The molecule has 0 spiro atoms. The van der Waals surface area contributed by atoms with E-state index in [1.807, 2.05) is 0 Å². The second-order valence-corrected chi connectivity index (χ2v) is 7.80. The van der Waals surface area contributed by atoms with E-state index >= 15 is 0 Å².